The molecule has 8 nitrogen and oxygen atoms in total. The predicted octanol–water partition coefficient (Wildman–Crippen LogP) is 2.69. The third kappa shape index (κ3) is 4.19. The van der Waals surface area contributed by atoms with E-state index < -0.39 is 0 Å². The molecule has 1 aromatic carbocycles. The Labute approximate surface area is 188 Å². The van der Waals surface area contributed by atoms with Crippen LogP contribution in [0.1, 0.15) is 37.3 Å². The fourth-order valence-corrected chi connectivity index (χ4v) is 4.85. The molecule has 3 aromatic rings. The van der Waals surface area contributed by atoms with E-state index >= 15 is 0 Å². The molecule has 0 spiro atoms. The van der Waals surface area contributed by atoms with Gasteiger partial charge in [0.25, 0.3) is 5.56 Å². The molecule has 0 unspecified atom stereocenters. The number of benzene rings is 1. The largest absolute Gasteiger partial charge is 0.369 e. The zero-order chi connectivity index (χ0) is 22.1. The van der Waals surface area contributed by atoms with E-state index in [0.29, 0.717) is 6.04 Å². The third-order valence-corrected chi connectivity index (χ3v) is 6.72. The summed E-state index contributed by atoms with van der Waals surface area (Å²) in [4.78, 5) is 33.2. The van der Waals surface area contributed by atoms with Gasteiger partial charge in [0.1, 0.15) is 0 Å². The van der Waals surface area contributed by atoms with Crippen LogP contribution in [0.4, 0.5) is 11.6 Å². The summed E-state index contributed by atoms with van der Waals surface area (Å²) in [7, 11) is 3.89. The van der Waals surface area contributed by atoms with Gasteiger partial charge in [-0.3, -0.25) is 14.3 Å². The van der Waals surface area contributed by atoms with E-state index in [2.05, 4.69) is 36.9 Å². The summed E-state index contributed by atoms with van der Waals surface area (Å²) in [6.07, 6.45) is 10.2. The van der Waals surface area contributed by atoms with Gasteiger partial charge in [0.15, 0.2) is 0 Å². The average molecular weight is 434 g/mol. The van der Waals surface area contributed by atoms with Crippen LogP contribution in [-0.4, -0.2) is 64.7 Å². The van der Waals surface area contributed by atoms with Crippen molar-refractivity contribution in [1.29, 1.82) is 0 Å². The van der Waals surface area contributed by atoms with Crippen molar-refractivity contribution in [3.05, 3.63) is 52.8 Å². The molecule has 2 aromatic heterocycles. The Morgan fingerprint density at radius 3 is 2.41 bits per heavy atom. The lowest BCUT2D eigenvalue weighted by Gasteiger charge is -2.36. The highest BCUT2D eigenvalue weighted by Crippen LogP contribution is 2.28. The quantitative estimate of drug-likeness (QED) is 0.613. The van der Waals surface area contributed by atoms with Crippen molar-refractivity contribution in [2.75, 3.05) is 50.1 Å². The van der Waals surface area contributed by atoms with Crippen molar-refractivity contribution in [1.82, 2.24) is 24.4 Å². The van der Waals surface area contributed by atoms with Crippen LogP contribution in [0.2, 0.25) is 0 Å². The van der Waals surface area contributed by atoms with E-state index in [0.717, 1.165) is 73.7 Å². The molecule has 0 amide bonds. The summed E-state index contributed by atoms with van der Waals surface area (Å²) in [5, 5.41) is 0.725. The van der Waals surface area contributed by atoms with Gasteiger partial charge in [0.05, 0.1) is 17.2 Å². The minimum Gasteiger partial charge on any atom is -0.369 e. The highest BCUT2D eigenvalue weighted by atomic mass is 16.1. The second-order valence-corrected chi connectivity index (χ2v) is 9.15. The summed E-state index contributed by atoms with van der Waals surface area (Å²) in [5.74, 6) is 0.735. The summed E-state index contributed by atoms with van der Waals surface area (Å²) in [5.41, 5.74) is 3.17. The van der Waals surface area contributed by atoms with Crippen LogP contribution in [0.15, 0.2) is 41.7 Å². The molecule has 5 rings (SSSR count). The van der Waals surface area contributed by atoms with Crippen molar-refractivity contribution in [3.63, 3.8) is 0 Å². The van der Waals surface area contributed by atoms with Crippen molar-refractivity contribution in [2.24, 2.45) is 0 Å². The van der Waals surface area contributed by atoms with Crippen LogP contribution in [-0.2, 0) is 6.54 Å². The van der Waals surface area contributed by atoms with Gasteiger partial charge in [-0.15, -0.1) is 0 Å². The first-order chi connectivity index (χ1) is 15.6. The third-order valence-electron chi connectivity index (χ3n) is 6.72. The highest BCUT2D eigenvalue weighted by molar-refractivity contribution is 5.81. The Morgan fingerprint density at radius 1 is 1.00 bits per heavy atom. The van der Waals surface area contributed by atoms with E-state index in [4.69, 9.17) is 0 Å². The number of aromatic nitrogens is 4. The number of anilines is 2. The maximum absolute atomic E-state index is 13.0. The highest BCUT2D eigenvalue weighted by Gasteiger charge is 2.21. The molecule has 2 aliphatic rings. The lowest BCUT2D eigenvalue weighted by atomic mass is 10.1. The molecule has 0 atom stereocenters. The number of nitrogens with zero attached hydrogens (tertiary/aromatic N) is 7. The zero-order valence-electron chi connectivity index (χ0n) is 18.9. The van der Waals surface area contributed by atoms with Gasteiger partial charge in [0.2, 0.25) is 5.95 Å². The van der Waals surface area contributed by atoms with Gasteiger partial charge in [-0.2, -0.15) is 0 Å². The Kier molecular flexibility index (Phi) is 5.78. The Morgan fingerprint density at radius 2 is 1.72 bits per heavy atom. The molecule has 0 bridgehead atoms. The van der Waals surface area contributed by atoms with Gasteiger partial charge in [-0.1, -0.05) is 12.8 Å². The lowest BCUT2D eigenvalue weighted by molar-refractivity contribution is 0.249. The predicted molar refractivity (Wildman–Crippen MR) is 127 cm³/mol. The Balaban J connectivity index is 1.24. The number of hydrogen-bond acceptors (Lipinski definition) is 7. The number of hydrogen-bond donors (Lipinski definition) is 0. The number of rotatable bonds is 5. The summed E-state index contributed by atoms with van der Waals surface area (Å²) in [6, 6.07) is 6.42. The summed E-state index contributed by atoms with van der Waals surface area (Å²) < 4.78 is 1.85. The van der Waals surface area contributed by atoms with Crippen molar-refractivity contribution < 1.29 is 0 Å². The van der Waals surface area contributed by atoms with Gasteiger partial charge < -0.3 is 9.80 Å². The molecule has 168 valence electrons. The SMILES string of the molecule is CN(C)c1ncc(CN2CCN(c3ccc4c(=O)n(C5CCCC5)cnc4c3)CC2)cn1. The molecule has 1 aliphatic heterocycles. The van der Waals surface area contributed by atoms with E-state index in [-0.39, 0.29) is 5.56 Å². The van der Waals surface area contributed by atoms with Gasteiger partial charge in [-0.05, 0) is 31.0 Å². The second kappa shape index (κ2) is 8.86. The minimum atomic E-state index is 0.0979. The molecule has 2 fully saturated rings. The van der Waals surface area contributed by atoms with Gasteiger partial charge in [-0.25, -0.2) is 15.0 Å². The first-order valence-corrected chi connectivity index (χ1v) is 11.5. The van der Waals surface area contributed by atoms with E-state index in [1.165, 1.54) is 12.8 Å². The fourth-order valence-electron chi connectivity index (χ4n) is 4.85. The first kappa shape index (κ1) is 20.9. The van der Waals surface area contributed by atoms with E-state index in [1.807, 2.05) is 42.0 Å². The molecule has 1 aliphatic carbocycles. The standard InChI is InChI=1S/C24H31N7O/c1-28(2)24-25-14-18(15-26-24)16-29-9-11-30(12-10-29)20-7-8-21-22(13-20)27-17-31(23(21)32)19-5-3-4-6-19/h7-8,13-15,17,19H,3-6,9-12,16H2,1-2H3. The fraction of sp³-hybridized carbons (Fsp3) is 0.500. The molecule has 3 heterocycles. The van der Waals surface area contributed by atoms with E-state index in [1.54, 1.807) is 6.33 Å². The molecule has 1 saturated heterocycles. The first-order valence-electron chi connectivity index (χ1n) is 11.5. The maximum Gasteiger partial charge on any atom is 0.261 e. The Bertz CT molecular complexity index is 1130. The van der Waals surface area contributed by atoms with Crippen LogP contribution in [0.3, 0.4) is 0 Å². The topological polar surface area (TPSA) is 70.4 Å². The minimum absolute atomic E-state index is 0.0979. The summed E-state index contributed by atoms with van der Waals surface area (Å²) >= 11 is 0. The smallest absolute Gasteiger partial charge is 0.261 e. The molecular formula is C24H31N7O. The second-order valence-electron chi connectivity index (χ2n) is 9.15. The maximum atomic E-state index is 13.0. The zero-order valence-corrected chi connectivity index (χ0v) is 18.9. The molecule has 0 radical (unpaired) electrons. The normalized spacial score (nSPS) is 17.9. The Hall–Kier alpha value is -3.00. The molecular weight excluding hydrogens is 402 g/mol. The van der Waals surface area contributed by atoms with E-state index in [9.17, 15) is 4.79 Å². The number of piperazine rings is 1. The summed E-state index contributed by atoms with van der Waals surface area (Å²) in [6.45, 7) is 4.71. The van der Waals surface area contributed by atoms with Crippen LogP contribution >= 0.6 is 0 Å². The molecule has 8 heteroatoms. The lowest BCUT2D eigenvalue weighted by Crippen LogP contribution is -2.46. The average Bonchev–Trinajstić information content (AvgIpc) is 3.35. The van der Waals surface area contributed by atoms with Crippen molar-refractivity contribution in [3.8, 4) is 0 Å². The van der Waals surface area contributed by atoms with Gasteiger partial charge in [0, 0.05) is 76.5 Å². The number of fused-ring (bicyclic) bond motifs is 1. The monoisotopic (exact) mass is 433 g/mol. The van der Waals surface area contributed by atoms with Crippen LogP contribution < -0.4 is 15.4 Å². The molecule has 32 heavy (non-hydrogen) atoms. The van der Waals surface area contributed by atoms with Crippen molar-refractivity contribution >= 4 is 22.5 Å². The van der Waals surface area contributed by atoms with Crippen molar-refractivity contribution in [2.45, 2.75) is 38.3 Å². The molecule has 0 N–H and O–H groups in total. The van der Waals surface area contributed by atoms with Crippen LogP contribution in [0.5, 0.6) is 0 Å². The van der Waals surface area contributed by atoms with Crippen LogP contribution in [0, 0.1) is 0 Å². The van der Waals surface area contributed by atoms with Gasteiger partial charge >= 0.3 is 0 Å². The molecule has 1 saturated carbocycles. The van der Waals surface area contributed by atoms with Crippen LogP contribution in [0.25, 0.3) is 10.9 Å².